The van der Waals surface area contributed by atoms with E-state index in [1.54, 1.807) is 0 Å². The first-order valence-electron chi connectivity index (χ1n) is 3.85. The molecule has 0 bridgehead atoms. The van der Waals surface area contributed by atoms with Crippen LogP contribution in [0.1, 0.15) is 13.3 Å². The highest BCUT2D eigenvalue weighted by Gasteiger charge is 2.50. The molecule has 1 rings (SSSR count). The van der Waals surface area contributed by atoms with E-state index in [1.807, 2.05) is 0 Å². The third-order valence-corrected chi connectivity index (χ3v) is 2.17. The standard InChI is InChI=1S/C7H14O5/c1-7(11)5(9)4(2-3-8)12-6(7)10/h4-6,8-11H,2-3H2,1H3. The molecule has 1 heterocycles. The SMILES string of the molecule is CC1(O)C(O)OC(CCO)C1O. The molecule has 0 aromatic carbocycles. The lowest BCUT2D eigenvalue weighted by Crippen LogP contribution is -2.45. The van der Waals surface area contributed by atoms with Gasteiger partial charge in [0.2, 0.25) is 0 Å². The van der Waals surface area contributed by atoms with Gasteiger partial charge in [0.25, 0.3) is 0 Å². The van der Waals surface area contributed by atoms with E-state index in [-0.39, 0.29) is 13.0 Å². The summed E-state index contributed by atoms with van der Waals surface area (Å²) >= 11 is 0. The summed E-state index contributed by atoms with van der Waals surface area (Å²) in [7, 11) is 0. The van der Waals surface area contributed by atoms with Gasteiger partial charge in [-0.15, -0.1) is 0 Å². The molecule has 12 heavy (non-hydrogen) atoms. The second-order valence-electron chi connectivity index (χ2n) is 3.21. The van der Waals surface area contributed by atoms with Crippen molar-refractivity contribution in [1.82, 2.24) is 0 Å². The number of rotatable bonds is 2. The molecule has 0 radical (unpaired) electrons. The monoisotopic (exact) mass is 178 g/mol. The van der Waals surface area contributed by atoms with Gasteiger partial charge in [0.05, 0.1) is 6.10 Å². The Balaban J connectivity index is 2.63. The average molecular weight is 178 g/mol. The van der Waals surface area contributed by atoms with E-state index in [0.29, 0.717) is 0 Å². The third-order valence-electron chi connectivity index (χ3n) is 2.17. The molecular weight excluding hydrogens is 164 g/mol. The highest BCUT2D eigenvalue weighted by atomic mass is 16.6. The lowest BCUT2D eigenvalue weighted by Gasteiger charge is -2.22. The van der Waals surface area contributed by atoms with Gasteiger partial charge in [0, 0.05) is 6.61 Å². The van der Waals surface area contributed by atoms with Crippen molar-refractivity contribution in [3.8, 4) is 0 Å². The first kappa shape index (κ1) is 9.88. The smallest absolute Gasteiger partial charge is 0.186 e. The largest absolute Gasteiger partial charge is 0.396 e. The predicted octanol–water partition coefficient (Wildman–Crippen LogP) is -1.80. The summed E-state index contributed by atoms with van der Waals surface area (Å²) < 4.78 is 4.82. The van der Waals surface area contributed by atoms with E-state index in [0.717, 1.165) is 0 Å². The van der Waals surface area contributed by atoms with Crippen LogP contribution in [0.5, 0.6) is 0 Å². The molecule has 0 aromatic heterocycles. The van der Waals surface area contributed by atoms with E-state index in [4.69, 9.17) is 14.9 Å². The second-order valence-corrected chi connectivity index (χ2v) is 3.21. The van der Waals surface area contributed by atoms with Gasteiger partial charge in [-0.25, -0.2) is 0 Å². The minimum absolute atomic E-state index is 0.148. The lowest BCUT2D eigenvalue weighted by molar-refractivity contribution is -0.168. The molecule has 1 aliphatic rings. The Labute approximate surface area is 70.2 Å². The van der Waals surface area contributed by atoms with Gasteiger partial charge >= 0.3 is 0 Å². The van der Waals surface area contributed by atoms with Gasteiger partial charge < -0.3 is 25.2 Å². The topological polar surface area (TPSA) is 90.2 Å². The Bertz CT molecular complexity index is 158. The average Bonchev–Trinajstić information content (AvgIpc) is 2.17. The van der Waals surface area contributed by atoms with E-state index in [1.165, 1.54) is 6.92 Å². The quantitative estimate of drug-likeness (QED) is 0.400. The fraction of sp³-hybridized carbons (Fsp3) is 1.00. The molecule has 4 unspecified atom stereocenters. The van der Waals surface area contributed by atoms with E-state index in [9.17, 15) is 10.2 Å². The number of ether oxygens (including phenoxy) is 1. The molecule has 72 valence electrons. The Hall–Kier alpha value is -0.200. The van der Waals surface area contributed by atoms with Crippen molar-refractivity contribution in [3.63, 3.8) is 0 Å². The number of aliphatic hydroxyl groups excluding tert-OH is 3. The maximum Gasteiger partial charge on any atom is 0.186 e. The van der Waals surface area contributed by atoms with Crippen molar-refractivity contribution in [2.24, 2.45) is 0 Å². The van der Waals surface area contributed by atoms with Gasteiger partial charge in [-0.3, -0.25) is 0 Å². The summed E-state index contributed by atoms with van der Waals surface area (Å²) in [5.41, 5.74) is -1.64. The summed E-state index contributed by atoms with van der Waals surface area (Å²) in [6.07, 6.45) is -3.03. The summed E-state index contributed by atoms with van der Waals surface area (Å²) in [6.45, 7) is 1.14. The Morgan fingerprint density at radius 2 is 2.00 bits per heavy atom. The normalized spacial score (nSPS) is 48.2. The fourth-order valence-electron chi connectivity index (χ4n) is 1.25. The van der Waals surface area contributed by atoms with E-state index >= 15 is 0 Å². The molecule has 0 amide bonds. The predicted molar refractivity (Wildman–Crippen MR) is 39.2 cm³/mol. The van der Waals surface area contributed by atoms with Crippen molar-refractivity contribution in [1.29, 1.82) is 0 Å². The van der Waals surface area contributed by atoms with Crippen molar-refractivity contribution in [3.05, 3.63) is 0 Å². The van der Waals surface area contributed by atoms with Crippen LogP contribution in [0.25, 0.3) is 0 Å². The zero-order valence-electron chi connectivity index (χ0n) is 6.84. The van der Waals surface area contributed by atoms with Crippen LogP contribution in [-0.4, -0.2) is 51.1 Å². The van der Waals surface area contributed by atoms with Crippen molar-refractivity contribution in [2.75, 3.05) is 6.61 Å². The minimum atomic E-state index is -1.64. The fourth-order valence-corrected chi connectivity index (χ4v) is 1.25. The van der Waals surface area contributed by atoms with Crippen LogP contribution in [0, 0.1) is 0 Å². The first-order chi connectivity index (χ1) is 5.50. The molecule has 4 atom stereocenters. The van der Waals surface area contributed by atoms with Gasteiger partial charge in [-0.2, -0.15) is 0 Å². The maximum atomic E-state index is 9.42. The Kier molecular flexibility index (Phi) is 2.70. The molecule has 1 aliphatic heterocycles. The summed E-state index contributed by atoms with van der Waals surface area (Å²) in [4.78, 5) is 0. The Morgan fingerprint density at radius 1 is 1.42 bits per heavy atom. The van der Waals surface area contributed by atoms with Crippen LogP contribution in [-0.2, 0) is 4.74 Å². The molecule has 0 aromatic rings. The first-order valence-corrected chi connectivity index (χ1v) is 3.85. The maximum absolute atomic E-state index is 9.42. The third kappa shape index (κ3) is 1.46. The van der Waals surface area contributed by atoms with E-state index in [2.05, 4.69) is 0 Å². The summed E-state index contributed by atoms with van der Waals surface area (Å²) in [5.74, 6) is 0. The molecule has 5 nitrogen and oxygen atoms in total. The lowest BCUT2D eigenvalue weighted by atomic mass is 9.96. The van der Waals surface area contributed by atoms with Crippen LogP contribution in [0.2, 0.25) is 0 Å². The van der Waals surface area contributed by atoms with Gasteiger partial charge in [0.15, 0.2) is 6.29 Å². The molecule has 0 saturated carbocycles. The van der Waals surface area contributed by atoms with Crippen LogP contribution in [0.3, 0.4) is 0 Å². The molecule has 0 aliphatic carbocycles. The minimum Gasteiger partial charge on any atom is -0.396 e. The highest BCUT2D eigenvalue weighted by Crippen LogP contribution is 2.30. The van der Waals surface area contributed by atoms with E-state index < -0.39 is 24.1 Å². The van der Waals surface area contributed by atoms with Gasteiger partial charge in [-0.05, 0) is 13.3 Å². The van der Waals surface area contributed by atoms with Crippen molar-refractivity contribution >= 4 is 0 Å². The van der Waals surface area contributed by atoms with Gasteiger partial charge in [0.1, 0.15) is 11.7 Å². The number of hydrogen-bond donors (Lipinski definition) is 4. The zero-order valence-corrected chi connectivity index (χ0v) is 6.84. The Morgan fingerprint density at radius 3 is 2.33 bits per heavy atom. The molecular formula is C7H14O5. The summed E-state index contributed by atoms with van der Waals surface area (Å²) in [6, 6.07) is 0. The van der Waals surface area contributed by atoms with Gasteiger partial charge in [-0.1, -0.05) is 0 Å². The molecule has 1 fully saturated rings. The molecule has 0 spiro atoms. The van der Waals surface area contributed by atoms with Crippen LogP contribution < -0.4 is 0 Å². The van der Waals surface area contributed by atoms with Crippen LogP contribution in [0.4, 0.5) is 0 Å². The number of hydrogen-bond acceptors (Lipinski definition) is 5. The highest BCUT2D eigenvalue weighted by molar-refractivity contribution is 4.95. The van der Waals surface area contributed by atoms with Crippen LogP contribution >= 0.6 is 0 Å². The van der Waals surface area contributed by atoms with Crippen molar-refractivity contribution in [2.45, 2.75) is 37.4 Å². The molecule has 1 saturated heterocycles. The second kappa shape index (κ2) is 3.27. The summed E-state index contributed by atoms with van der Waals surface area (Å²) in [5, 5.41) is 36.5. The van der Waals surface area contributed by atoms with Crippen molar-refractivity contribution < 1.29 is 25.2 Å². The molecule has 4 N–H and O–H groups in total. The van der Waals surface area contributed by atoms with Crippen LogP contribution in [0.15, 0.2) is 0 Å². The number of aliphatic hydroxyl groups is 4. The zero-order chi connectivity index (χ0) is 9.35. The molecule has 5 heteroatoms.